The SMILES string of the molecule is CCOc1ccc(-c2nc(CC(=O)Nc3cccc(-c4csc(C)n4)c3)cs2)cc1. The maximum atomic E-state index is 12.5. The lowest BCUT2D eigenvalue weighted by atomic mass is 10.1. The molecule has 0 aliphatic carbocycles. The van der Waals surface area contributed by atoms with Crippen LogP contribution in [0.15, 0.2) is 59.3 Å². The van der Waals surface area contributed by atoms with Gasteiger partial charge in [0.15, 0.2) is 0 Å². The minimum atomic E-state index is -0.0925. The Hall–Kier alpha value is -3.03. The first-order valence-corrected chi connectivity index (χ1v) is 11.4. The average molecular weight is 436 g/mol. The lowest BCUT2D eigenvalue weighted by Gasteiger charge is -2.06. The second-order valence-corrected chi connectivity index (χ2v) is 8.58. The zero-order valence-electron chi connectivity index (χ0n) is 16.7. The first kappa shape index (κ1) is 20.3. The minimum Gasteiger partial charge on any atom is -0.494 e. The summed E-state index contributed by atoms with van der Waals surface area (Å²) in [6.07, 6.45) is 0.230. The summed E-state index contributed by atoms with van der Waals surface area (Å²) in [5, 5.41) is 8.83. The van der Waals surface area contributed by atoms with Crippen molar-refractivity contribution in [2.45, 2.75) is 20.3 Å². The number of aryl methyl sites for hydroxylation is 1. The van der Waals surface area contributed by atoms with E-state index in [1.165, 1.54) is 11.3 Å². The van der Waals surface area contributed by atoms with Gasteiger partial charge in [-0.15, -0.1) is 22.7 Å². The van der Waals surface area contributed by atoms with Crippen molar-refractivity contribution in [3.05, 3.63) is 70.0 Å². The fraction of sp³-hybridized carbons (Fsp3) is 0.174. The van der Waals surface area contributed by atoms with E-state index in [1.807, 2.05) is 73.1 Å². The Kier molecular flexibility index (Phi) is 6.21. The first-order valence-electron chi connectivity index (χ1n) is 9.61. The highest BCUT2D eigenvalue weighted by Gasteiger charge is 2.11. The second-order valence-electron chi connectivity index (χ2n) is 6.66. The van der Waals surface area contributed by atoms with E-state index in [0.29, 0.717) is 6.61 Å². The van der Waals surface area contributed by atoms with Crippen LogP contribution in [0.25, 0.3) is 21.8 Å². The van der Waals surface area contributed by atoms with Gasteiger partial charge in [0.05, 0.1) is 29.4 Å². The molecular formula is C23H21N3O2S2. The third kappa shape index (κ3) is 4.93. The summed E-state index contributed by atoms with van der Waals surface area (Å²) in [5.74, 6) is 0.748. The molecule has 0 spiro atoms. The van der Waals surface area contributed by atoms with Gasteiger partial charge in [-0.1, -0.05) is 12.1 Å². The number of rotatable bonds is 7. The van der Waals surface area contributed by atoms with Crippen molar-refractivity contribution >= 4 is 34.3 Å². The zero-order chi connectivity index (χ0) is 20.9. The van der Waals surface area contributed by atoms with Crippen molar-refractivity contribution in [2.24, 2.45) is 0 Å². The summed E-state index contributed by atoms with van der Waals surface area (Å²) in [4.78, 5) is 21.6. The van der Waals surface area contributed by atoms with Gasteiger partial charge >= 0.3 is 0 Å². The normalized spacial score (nSPS) is 10.7. The highest BCUT2D eigenvalue weighted by molar-refractivity contribution is 7.13. The Morgan fingerprint density at radius 3 is 2.60 bits per heavy atom. The highest BCUT2D eigenvalue weighted by Crippen LogP contribution is 2.27. The van der Waals surface area contributed by atoms with E-state index in [-0.39, 0.29) is 12.3 Å². The molecule has 0 radical (unpaired) electrons. The van der Waals surface area contributed by atoms with Gasteiger partial charge in [0.2, 0.25) is 5.91 Å². The molecule has 0 bridgehead atoms. The van der Waals surface area contributed by atoms with Gasteiger partial charge in [-0.2, -0.15) is 0 Å². The number of aromatic nitrogens is 2. The van der Waals surface area contributed by atoms with E-state index < -0.39 is 0 Å². The minimum absolute atomic E-state index is 0.0925. The van der Waals surface area contributed by atoms with Gasteiger partial charge in [0.25, 0.3) is 0 Å². The largest absolute Gasteiger partial charge is 0.494 e. The Morgan fingerprint density at radius 2 is 1.87 bits per heavy atom. The number of carbonyl (C=O) groups is 1. The molecule has 1 amide bonds. The Labute approximate surface area is 183 Å². The third-order valence-electron chi connectivity index (χ3n) is 4.37. The molecule has 0 aliphatic heterocycles. The number of benzene rings is 2. The summed E-state index contributed by atoms with van der Waals surface area (Å²) < 4.78 is 5.48. The van der Waals surface area contributed by atoms with Crippen LogP contribution in [0.2, 0.25) is 0 Å². The van der Waals surface area contributed by atoms with Gasteiger partial charge in [0.1, 0.15) is 10.8 Å². The second kappa shape index (κ2) is 9.19. The molecule has 2 heterocycles. The van der Waals surface area contributed by atoms with Crippen LogP contribution in [0, 0.1) is 6.92 Å². The van der Waals surface area contributed by atoms with Crippen LogP contribution in [0.5, 0.6) is 5.75 Å². The number of anilines is 1. The summed E-state index contributed by atoms with van der Waals surface area (Å²) in [7, 11) is 0. The maximum absolute atomic E-state index is 12.5. The predicted molar refractivity (Wildman–Crippen MR) is 123 cm³/mol. The standard InChI is InChI=1S/C23H21N3O2S2/c1-3-28-20-9-7-16(8-10-20)23-26-19(13-30-23)12-22(27)25-18-6-4-5-17(11-18)21-14-29-15(2)24-21/h4-11,13-14H,3,12H2,1-2H3,(H,25,27). The zero-order valence-corrected chi connectivity index (χ0v) is 18.3. The van der Waals surface area contributed by atoms with Crippen LogP contribution in [-0.4, -0.2) is 22.5 Å². The van der Waals surface area contributed by atoms with Crippen molar-refractivity contribution < 1.29 is 9.53 Å². The highest BCUT2D eigenvalue weighted by atomic mass is 32.1. The first-order chi connectivity index (χ1) is 14.6. The fourth-order valence-corrected chi connectivity index (χ4v) is 4.45. The van der Waals surface area contributed by atoms with Crippen LogP contribution in [0.3, 0.4) is 0 Å². The van der Waals surface area contributed by atoms with E-state index in [9.17, 15) is 4.79 Å². The smallest absolute Gasteiger partial charge is 0.230 e. The Morgan fingerprint density at radius 1 is 1.03 bits per heavy atom. The molecule has 1 N–H and O–H groups in total. The van der Waals surface area contributed by atoms with Gasteiger partial charge in [-0.3, -0.25) is 4.79 Å². The molecule has 5 nitrogen and oxygen atoms in total. The lowest BCUT2D eigenvalue weighted by Crippen LogP contribution is -2.14. The predicted octanol–water partition coefficient (Wildman–Crippen LogP) is 5.82. The number of carbonyl (C=O) groups excluding carboxylic acids is 1. The van der Waals surface area contributed by atoms with Gasteiger partial charge in [-0.05, 0) is 50.2 Å². The summed E-state index contributed by atoms with van der Waals surface area (Å²) in [5.41, 5.74) is 4.44. The number of ether oxygens (including phenoxy) is 1. The Bertz CT molecular complexity index is 1150. The molecule has 152 valence electrons. The number of amides is 1. The van der Waals surface area contributed by atoms with E-state index in [1.54, 1.807) is 11.3 Å². The molecular weight excluding hydrogens is 414 g/mol. The number of hydrogen-bond acceptors (Lipinski definition) is 6. The molecule has 7 heteroatoms. The maximum Gasteiger partial charge on any atom is 0.230 e. The van der Waals surface area contributed by atoms with Crippen LogP contribution < -0.4 is 10.1 Å². The summed E-state index contributed by atoms with van der Waals surface area (Å²) in [6, 6.07) is 15.6. The molecule has 0 saturated heterocycles. The molecule has 0 unspecified atom stereocenters. The van der Waals surface area contributed by atoms with Crippen LogP contribution in [0.4, 0.5) is 5.69 Å². The molecule has 2 aromatic carbocycles. The third-order valence-corrected chi connectivity index (χ3v) is 6.08. The van der Waals surface area contributed by atoms with Gasteiger partial charge in [0, 0.05) is 27.6 Å². The van der Waals surface area contributed by atoms with Crippen LogP contribution in [-0.2, 0) is 11.2 Å². The Balaban J connectivity index is 1.40. The van der Waals surface area contributed by atoms with Crippen molar-refractivity contribution in [2.75, 3.05) is 11.9 Å². The van der Waals surface area contributed by atoms with Crippen LogP contribution in [0.1, 0.15) is 17.6 Å². The van der Waals surface area contributed by atoms with Crippen molar-refractivity contribution in [3.63, 3.8) is 0 Å². The van der Waals surface area contributed by atoms with E-state index in [4.69, 9.17) is 4.74 Å². The number of nitrogens with one attached hydrogen (secondary N) is 1. The van der Waals surface area contributed by atoms with E-state index >= 15 is 0 Å². The average Bonchev–Trinajstić information content (AvgIpc) is 3.38. The molecule has 30 heavy (non-hydrogen) atoms. The monoisotopic (exact) mass is 435 g/mol. The molecule has 0 saturated carbocycles. The van der Waals surface area contributed by atoms with E-state index in [0.717, 1.165) is 44.0 Å². The fourth-order valence-electron chi connectivity index (χ4n) is 3.00. The topological polar surface area (TPSA) is 64.1 Å². The van der Waals surface area contributed by atoms with Crippen LogP contribution >= 0.6 is 22.7 Å². The van der Waals surface area contributed by atoms with Gasteiger partial charge in [-0.25, -0.2) is 9.97 Å². The van der Waals surface area contributed by atoms with Gasteiger partial charge < -0.3 is 10.1 Å². The number of nitrogens with zero attached hydrogens (tertiary/aromatic N) is 2. The number of thiazole rings is 2. The quantitative estimate of drug-likeness (QED) is 0.397. The molecule has 0 fully saturated rings. The number of hydrogen-bond donors (Lipinski definition) is 1. The molecule has 0 atom stereocenters. The van der Waals surface area contributed by atoms with Crippen molar-refractivity contribution in [1.29, 1.82) is 0 Å². The van der Waals surface area contributed by atoms with Crippen molar-refractivity contribution in [3.8, 4) is 27.6 Å². The molecule has 4 rings (SSSR count). The van der Waals surface area contributed by atoms with Crippen molar-refractivity contribution in [1.82, 2.24) is 9.97 Å². The lowest BCUT2D eigenvalue weighted by molar-refractivity contribution is -0.115. The van der Waals surface area contributed by atoms with E-state index in [2.05, 4.69) is 15.3 Å². The summed E-state index contributed by atoms with van der Waals surface area (Å²) >= 11 is 3.14. The molecule has 4 aromatic rings. The molecule has 2 aromatic heterocycles. The molecule has 0 aliphatic rings. The summed E-state index contributed by atoms with van der Waals surface area (Å²) in [6.45, 7) is 4.58.